The highest BCUT2D eigenvalue weighted by Crippen LogP contribution is 2.26. The zero-order chi connectivity index (χ0) is 21.9. The monoisotopic (exact) mass is 447 g/mol. The highest BCUT2D eigenvalue weighted by Gasteiger charge is 2.20. The Balaban J connectivity index is 1.36. The van der Waals surface area contributed by atoms with Crippen LogP contribution in [0.5, 0.6) is 0 Å². The maximum atomic E-state index is 6.09. The predicted molar refractivity (Wildman–Crippen MR) is 129 cm³/mol. The van der Waals surface area contributed by atoms with Gasteiger partial charge in [-0.1, -0.05) is 29.8 Å². The second-order valence-electron chi connectivity index (χ2n) is 8.26. The number of nitrogens with two attached hydrogens (primary N) is 1. The van der Waals surface area contributed by atoms with Gasteiger partial charge in [-0.15, -0.1) is 0 Å². The van der Waals surface area contributed by atoms with Crippen LogP contribution in [0.1, 0.15) is 31.2 Å². The van der Waals surface area contributed by atoms with Crippen molar-refractivity contribution in [2.24, 2.45) is 5.73 Å². The second-order valence-corrected chi connectivity index (χ2v) is 8.70. The molecule has 0 amide bonds. The van der Waals surface area contributed by atoms with E-state index < -0.39 is 0 Å². The van der Waals surface area contributed by atoms with Crippen molar-refractivity contribution in [1.29, 1.82) is 0 Å². The lowest BCUT2D eigenvalue weighted by Crippen LogP contribution is -2.33. The van der Waals surface area contributed by atoms with E-state index >= 15 is 0 Å². The first-order chi connectivity index (χ1) is 15.7. The van der Waals surface area contributed by atoms with Crippen LogP contribution < -0.4 is 16.4 Å². The lowest BCUT2D eigenvalue weighted by atomic mass is 9.92. The second kappa shape index (κ2) is 9.14. The van der Waals surface area contributed by atoms with Gasteiger partial charge in [0.2, 0.25) is 0 Å². The lowest BCUT2D eigenvalue weighted by Gasteiger charge is -2.27. The number of fused-ring (bicyclic) bond motifs is 1. The zero-order valence-corrected chi connectivity index (χ0v) is 18.5. The Hall–Kier alpha value is -3.16. The molecule has 1 aliphatic carbocycles. The number of aromatic nitrogens is 4. The van der Waals surface area contributed by atoms with Crippen LogP contribution in [0.15, 0.2) is 61.1 Å². The summed E-state index contributed by atoms with van der Waals surface area (Å²) >= 11 is 6.09. The fourth-order valence-corrected chi connectivity index (χ4v) is 4.40. The van der Waals surface area contributed by atoms with Crippen molar-refractivity contribution in [3.8, 4) is 11.4 Å². The zero-order valence-electron chi connectivity index (χ0n) is 17.7. The summed E-state index contributed by atoms with van der Waals surface area (Å²) in [7, 11) is 0. The Labute approximate surface area is 192 Å². The van der Waals surface area contributed by atoms with Crippen LogP contribution in [0, 0.1) is 0 Å². The number of pyridine rings is 1. The van der Waals surface area contributed by atoms with Gasteiger partial charge in [0.25, 0.3) is 0 Å². The number of nitrogens with zero attached hydrogens (tertiary/aromatic N) is 4. The molecule has 0 spiro atoms. The molecule has 0 radical (unpaired) electrons. The van der Waals surface area contributed by atoms with E-state index in [0.29, 0.717) is 18.6 Å². The quantitative estimate of drug-likeness (QED) is 0.395. The summed E-state index contributed by atoms with van der Waals surface area (Å²) in [5, 5.41) is 7.67. The predicted octanol–water partition coefficient (Wildman–Crippen LogP) is 4.74. The molecule has 8 heteroatoms. The number of halogens is 1. The van der Waals surface area contributed by atoms with Gasteiger partial charge in [0, 0.05) is 36.0 Å². The topological polar surface area (TPSA) is 93.2 Å². The number of nitrogens with one attached hydrogen (secondary N) is 2. The van der Waals surface area contributed by atoms with Crippen molar-refractivity contribution in [2.75, 3.05) is 10.6 Å². The molecule has 0 atom stereocenters. The van der Waals surface area contributed by atoms with E-state index in [-0.39, 0.29) is 0 Å². The summed E-state index contributed by atoms with van der Waals surface area (Å²) in [5.74, 6) is 1.60. The van der Waals surface area contributed by atoms with Crippen molar-refractivity contribution in [1.82, 2.24) is 19.4 Å². The van der Waals surface area contributed by atoms with Crippen LogP contribution in [0.2, 0.25) is 5.02 Å². The maximum Gasteiger partial charge on any atom is 0.180 e. The minimum atomic E-state index is 0.320. The first-order valence-corrected chi connectivity index (χ1v) is 11.3. The van der Waals surface area contributed by atoms with E-state index in [2.05, 4.69) is 20.6 Å². The molecule has 0 bridgehead atoms. The molecule has 164 valence electrons. The Kier molecular flexibility index (Phi) is 5.92. The molecule has 0 saturated heterocycles. The molecule has 3 aromatic heterocycles. The molecule has 1 saturated carbocycles. The Bertz CT molecular complexity index is 1210. The van der Waals surface area contributed by atoms with Gasteiger partial charge in [0.15, 0.2) is 11.5 Å². The molecular weight excluding hydrogens is 422 g/mol. The summed E-state index contributed by atoms with van der Waals surface area (Å²) < 4.78 is 2.03. The third-order valence-corrected chi connectivity index (χ3v) is 6.15. The normalized spacial score (nSPS) is 18.6. The Morgan fingerprint density at radius 2 is 1.91 bits per heavy atom. The van der Waals surface area contributed by atoms with Crippen LogP contribution in [0.3, 0.4) is 0 Å². The maximum absolute atomic E-state index is 6.09. The summed E-state index contributed by atoms with van der Waals surface area (Å²) in [4.78, 5) is 14.0. The number of hydrogen-bond acceptors (Lipinski definition) is 6. The fraction of sp³-hybridized carbons (Fsp3) is 0.292. The van der Waals surface area contributed by atoms with Crippen LogP contribution in [-0.4, -0.2) is 31.4 Å². The van der Waals surface area contributed by atoms with E-state index in [1.165, 1.54) is 0 Å². The first-order valence-electron chi connectivity index (χ1n) is 11.0. The van der Waals surface area contributed by atoms with Gasteiger partial charge >= 0.3 is 0 Å². The molecule has 0 unspecified atom stereocenters. The average Bonchev–Trinajstić information content (AvgIpc) is 3.25. The van der Waals surface area contributed by atoms with Gasteiger partial charge in [-0.2, -0.15) is 0 Å². The van der Waals surface area contributed by atoms with Crippen molar-refractivity contribution in [2.45, 2.75) is 44.3 Å². The molecule has 7 nitrogen and oxygen atoms in total. The molecule has 1 aromatic carbocycles. The van der Waals surface area contributed by atoms with Gasteiger partial charge in [0.1, 0.15) is 5.82 Å². The van der Waals surface area contributed by atoms with Crippen molar-refractivity contribution >= 4 is 28.9 Å². The van der Waals surface area contributed by atoms with Gasteiger partial charge in [0.05, 0.1) is 17.6 Å². The third kappa shape index (κ3) is 4.54. The largest absolute Gasteiger partial charge is 0.366 e. The van der Waals surface area contributed by atoms with Crippen molar-refractivity contribution in [3.63, 3.8) is 0 Å². The smallest absolute Gasteiger partial charge is 0.180 e. The molecular formula is C24H26ClN7. The van der Waals surface area contributed by atoms with Crippen molar-refractivity contribution in [3.05, 3.63) is 71.6 Å². The van der Waals surface area contributed by atoms with Crippen LogP contribution in [-0.2, 0) is 6.54 Å². The summed E-state index contributed by atoms with van der Waals surface area (Å²) in [5.41, 5.74) is 9.71. The van der Waals surface area contributed by atoms with E-state index in [4.69, 9.17) is 22.3 Å². The first kappa shape index (κ1) is 20.7. The molecule has 1 fully saturated rings. The fourth-order valence-electron chi connectivity index (χ4n) is 4.18. The number of hydrogen-bond donors (Lipinski definition) is 3. The van der Waals surface area contributed by atoms with Crippen molar-refractivity contribution < 1.29 is 0 Å². The Morgan fingerprint density at radius 3 is 2.75 bits per heavy atom. The molecule has 0 aliphatic heterocycles. The van der Waals surface area contributed by atoms with E-state index in [1.54, 1.807) is 6.20 Å². The number of anilines is 2. The van der Waals surface area contributed by atoms with E-state index in [1.807, 2.05) is 59.3 Å². The summed E-state index contributed by atoms with van der Waals surface area (Å²) in [6.07, 6.45) is 9.77. The molecule has 3 heterocycles. The molecule has 5 rings (SSSR count). The highest BCUT2D eigenvalue weighted by molar-refractivity contribution is 6.30. The third-order valence-electron chi connectivity index (χ3n) is 5.91. The number of imidazole rings is 1. The number of benzene rings is 1. The highest BCUT2D eigenvalue weighted by atomic mass is 35.5. The Morgan fingerprint density at radius 1 is 1.06 bits per heavy atom. The SMILES string of the molecule is N[C@H]1CC[C@H](Nc2nccn3c(-c4cccc(NCc5cccc(Cl)c5)n4)cnc23)CC1. The van der Waals surface area contributed by atoms with E-state index in [9.17, 15) is 0 Å². The standard InChI is InChI=1S/C24H26ClN7/c25-17-4-1-3-16(13-17)14-28-22-6-2-5-20(31-22)21-15-29-24-23(27-11-12-32(21)24)30-19-9-7-18(26)8-10-19/h1-6,11-13,15,18-19H,7-10,14,26H2,(H,27,30)(H,28,31)/t18-,19-. The van der Waals surface area contributed by atoms with Crippen LogP contribution in [0.25, 0.3) is 17.0 Å². The van der Waals surface area contributed by atoms with Crippen LogP contribution in [0.4, 0.5) is 11.6 Å². The number of rotatable bonds is 6. The lowest BCUT2D eigenvalue weighted by molar-refractivity contribution is 0.410. The average molecular weight is 448 g/mol. The molecule has 1 aliphatic rings. The van der Waals surface area contributed by atoms with Crippen LogP contribution >= 0.6 is 11.6 Å². The van der Waals surface area contributed by atoms with Gasteiger partial charge < -0.3 is 16.4 Å². The minimum Gasteiger partial charge on any atom is -0.366 e. The van der Waals surface area contributed by atoms with Gasteiger partial charge in [-0.05, 0) is 55.5 Å². The molecule has 32 heavy (non-hydrogen) atoms. The van der Waals surface area contributed by atoms with Gasteiger partial charge in [-0.25, -0.2) is 15.0 Å². The minimum absolute atomic E-state index is 0.320. The van der Waals surface area contributed by atoms with Gasteiger partial charge in [-0.3, -0.25) is 4.40 Å². The molecule has 4 aromatic rings. The molecule has 4 N–H and O–H groups in total. The van der Waals surface area contributed by atoms with E-state index in [0.717, 1.165) is 64.9 Å². The summed E-state index contributed by atoms with van der Waals surface area (Å²) in [6.45, 7) is 0.646. The summed E-state index contributed by atoms with van der Waals surface area (Å²) in [6, 6.07) is 14.4.